The van der Waals surface area contributed by atoms with Crippen LogP contribution in [0.3, 0.4) is 0 Å². The molecule has 1 aliphatic carbocycles. The first kappa shape index (κ1) is 34.5. The molecular weight excluding hydrogens is 615 g/mol. The molecule has 5 rings (SSSR count). The molecule has 0 unspecified atom stereocenters. The van der Waals surface area contributed by atoms with Crippen molar-refractivity contribution in [2.24, 2.45) is 5.92 Å². The SMILES string of the molecule is CCC(=O)N[C@H](Cc1ccc(NC(=O)[C@@H](NC(=O)c2ccnn2CC)C2CCCCC2)c(F)c1)C(=O)N1CCN(c2cccnc2)CC1. The lowest BCUT2D eigenvalue weighted by Gasteiger charge is -2.37. The molecule has 3 heterocycles. The summed E-state index contributed by atoms with van der Waals surface area (Å²) < 4.78 is 17.1. The monoisotopic (exact) mass is 660 g/mol. The van der Waals surface area contributed by atoms with Crippen LogP contribution in [0.1, 0.15) is 68.4 Å². The van der Waals surface area contributed by atoms with E-state index in [0.29, 0.717) is 44.0 Å². The highest BCUT2D eigenvalue weighted by Crippen LogP contribution is 2.28. The summed E-state index contributed by atoms with van der Waals surface area (Å²) in [6.45, 7) is 6.30. The third-order valence-corrected chi connectivity index (χ3v) is 9.23. The number of rotatable bonds is 12. The molecule has 13 heteroatoms. The molecule has 2 aromatic heterocycles. The van der Waals surface area contributed by atoms with Crippen molar-refractivity contribution in [1.29, 1.82) is 0 Å². The van der Waals surface area contributed by atoms with Gasteiger partial charge in [0, 0.05) is 58.0 Å². The molecule has 12 nitrogen and oxygen atoms in total. The summed E-state index contributed by atoms with van der Waals surface area (Å²) in [7, 11) is 0. The molecule has 2 aliphatic rings. The number of anilines is 2. The topological polar surface area (TPSA) is 142 Å². The van der Waals surface area contributed by atoms with Crippen LogP contribution < -0.4 is 20.9 Å². The number of benzene rings is 1. The number of carbonyl (C=O) groups excluding carboxylic acids is 4. The Labute approximate surface area is 280 Å². The van der Waals surface area contributed by atoms with Crippen molar-refractivity contribution in [3.05, 3.63) is 72.1 Å². The first-order valence-electron chi connectivity index (χ1n) is 16.9. The molecule has 0 spiro atoms. The summed E-state index contributed by atoms with van der Waals surface area (Å²) in [5.74, 6) is -2.14. The minimum atomic E-state index is -0.871. The lowest BCUT2D eigenvalue weighted by Crippen LogP contribution is -2.55. The summed E-state index contributed by atoms with van der Waals surface area (Å²) in [4.78, 5) is 60.9. The van der Waals surface area contributed by atoms with E-state index < -0.39 is 29.7 Å². The Morgan fingerprint density at radius 1 is 0.958 bits per heavy atom. The van der Waals surface area contributed by atoms with Gasteiger partial charge in [-0.05, 0) is 61.6 Å². The first-order chi connectivity index (χ1) is 23.3. The largest absolute Gasteiger partial charge is 0.367 e. The van der Waals surface area contributed by atoms with Gasteiger partial charge in [-0.3, -0.25) is 28.8 Å². The fraction of sp³-hybridized carbons (Fsp3) is 0.486. The van der Waals surface area contributed by atoms with Gasteiger partial charge in [0.15, 0.2) is 0 Å². The van der Waals surface area contributed by atoms with Crippen LogP contribution in [0.5, 0.6) is 0 Å². The van der Waals surface area contributed by atoms with Crippen molar-refractivity contribution < 1.29 is 23.6 Å². The summed E-state index contributed by atoms with van der Waals surface area (Å²) in [5, 5.41) is 12.6. The predicted octanol–water partition coefficient (Wildman–Crippen LogP) is 3.54. The number of pyridine rings is 1. The molecule has 0 radical (unpaired) electrons. The van der Waals surface area contributed by atoms with Crippen molar-refractivity contribution >= 4 is 35.0 Å². The minimum absolute atomic E-state index is 0.0237. The first-order valence-corrected chi connectivity index (χ1v) is 16.9. The highest BCUT2D eigenvalue weighted by Gasteiger charge is 2.33. The molecule has 1 aromatic carbocycles. The van der Waals surface area contributed by atoms with E-state index in [1.165, 1.54) is 12.1 Å². The average molecular weight is 661 g/mol. The minimum Gasteiger partial charge on any atom is -0.367 e. The van der Waals surface area contributed by atoms with Crippen LogP contribution in [0, 0.1) is 11.7 Å². The summed E-state index contributed by atoms with van der Waals surface area (Å²) in [6.07, 6.45) is 9.88. The van der Waals surface area contributed by atoms with Gasteiger partial charge in [0.25, 0.3) is 5.91 Å². The van der Waals surface area contributed by atoms with E-state index in [0.717, 1.165) is 37.8 Å². The number of aromatic nitrogens is 3. The van der Waals surface area contributed by atoms with Gasteiger partial charge in [-0.1, -0.05) is 32.3 Å². The normalized spacial score (nSPS) is 16.6. The Morgan fingerprint density at radius 3 is 2.40 bits per heavy atom. The molecule has 256 valence electrons. The van der Waals surface area contributed by atoms with Crippen LogP contribution >= 0.6 is 0 Å². The van der Waals surface area contributed by atoms with E-state index >= 15 is 4.39 Å². The van der Waals surface area contributed by atoms with Crippen molar-refractivity contribution in [1.82, 2.24) is 30.3 Å². The molecular formula is C35H45FN8O4. The molecule has 0 bridgehead atoms. The van der Waals surface area contributed by atoms with Crippen LogP contribution in [0.4, 0.5) is 15.8 Å². The Bertz CT molecular complexity index is 1570. The van der Waals surface area contributed by atoms with Crippen LogP contribution in [0.2, 0.25) is 0 Å². The fourth-order valence-electron chi connectivity index (χ4n) is 6.53. The number of piperazine rings is 1. The summed E-state index contributed by atoms with van der Waals surface area (Å²) in [6, 6.07) is 8.13. The van der Waals surface area contributed by atoms with E-state index in [4.69, 9.17) is 0 Å². The predicted molar refractivity (Wildman–Crippen MR) is 180 cm³/mol. The number of hydrogen-bond donors (Lipinski definition) is 3. The van der Waals surface area contributed by atoms with Gasteiger partial charge in [-0.2, -0.15) is 5.10 Å². The second-order valence-corrected chi connectivity index (χ2v) is 12.4. The van der Waals surface area contributed by atoms with E-state index in [2.05, 4.69) is 30.9 Å². The highest BCUT2D eigenvalue weighted by atomic mass is 19.1. The molecule has 1 saturated carbocycles. The average Bonchev–Trinajstić information content (AvgIpc) is 3.61. The maximum Gasteiger partial charge on any atom is 0.270 e. The molecule has 3 N–H and O–H groups in total. The highest BCUT2D eigenvalue weighted by molar-refractivity contribution is 6.00. The second-order valence-electron chi connectivity index (χ2n) is 12.4. The number of amides is 4. The van der Waals surface area contributed by atoms with Crippen LogP contribution in [-0.4, -0.2) is 81.6 Å². The van der Waals surface area contributed by atoms with Gasteiger partial charge in [-0.15, -0.1) is 0 Å². The van der Waals surface area contributed by atoms with Crippen molar-refractivity contribution in [3.8, 4) is 0 Å². The van der Waals surface area contributed by atoms with Crippen LogP contribution in [-0.2, 0) is 27.3 Å². The molecule has 4 amide bonds. The molecule has 1 aliphatic heterocycles. The lowest BCUT2D eigenvalue weighted by atomic mass is 9.83. The number of aryl methyl sites for hydroxylation is 1. The van der Waals surface area contributed by atoms with Crippen molar-refractivity contribution in [2.75, 3.05) is 36.4 Å². The molecule has 3 aromatic rings. The zero-order chi connectivity index (χ0) is 34.0. The zero-order valence-electron chi connectivity index (χ0n) is 27.7. The molecule has 48 heavy (non-hydrogen) atoms. The number of nitrogens with zero attached hydrogens (tertiary/aromatic N) is 5. The second kappa shape index (κ2) is 16.3. The van der Waals surface area contributed by atoms with E-state index in [-0.39, 0.29) is 36.3 Å². The van der Waals surface area contributed by atoms with E-state index in [1.807, 2.05) is 19.1 Å². The molecule has 1 saturated heterocycles. The summed E-state index contributed by atoms with van der Waals surface area (Å²) in [5.41, 5.74) is 1.82. The van der Waals surface area contributed by atoms with Gasteiger partial charge >= 0.3 is 0 Å². The number of nitrogens with one attached hydrogen (secondary N) is 3. The Hall–Kier alpha value is -4.81. The van der Waals surface area contributed by atoms with Gasteiger partial charge in [0.1, 0.15) is 23.6 Å². The van der Waals surface area contributed by atoms with E-state index in [1.54, 1.807) is 47.2 Å². The van der Waals surface area contributed by atoms with Crippen LogP contribution in [0.15, 0.2) is 55.0 Å². The Kier molecular flexibility index (Phi) is 11.8. The number of carbonyl (C=O) groups is 4. The van der Waals surface area contributed by atoms with Gasteiger partial charge in [-0.25, -0.2) is 4.39 Å². The number of hydrogen-bond acceptors (Lipinski definition) is 7. The third kappa shape index (κ3) is 8.55. The van der Waals surface area contributed by atoms with Gasteiger partial charge in [0.05, 0.1) is 17.6 Å². The maximum absolute atomic E-state index is 15.5. The lowest BCUT2D eigenvalue weighted by molar-refractivity contribution is -0.136. The zero-order valence-corrected chi connectivity index (χ0v) is 27.7. The molecule has 2 fully saturated rings. The van der Waals surface area contributed by atoms with Crippen LogP contribution in [0.25, 0.3) is 0 Å². The standard InChI is InChI=1S/C35H45FN8O4/c1-3-31(45)39-29(35(48)43-19-17-42(18-20-43)26-11-8-15-37-23-26)22-24-12-13-28(27(36)21-24)40-34(47)32(25-9-6-5-7-10-25)41-33(46)30-14-16-38-44(30)4-2/h8,11-16,21,23,25,29,32H,3-7,9-10,17-20,22H2,1-2H3,(H,39,45)(H,40,47)(H,41,46)/t29-,32+/m1/s1. The summed E-state index contributed by atoms with van der Waals surface area (Å²) >= 11 is 0. The molecule has 2 atom stereocenters. The quantitative estimate of drug-likeness (QED) is 0.270. The van der Waals surface area contributed by atoms with Crippen molar-refractivity contribution in [3.63, 3.8) is 0 Å². The fourth-order valence-corrected chi connectivity index (χ4v) is 6.53. The maximum atomic E-state index is 15.5. The van der Waals surface area contributed by atoms with Gasteiger partial charge in [0.2, 0.25) is 17.7 Å². The number of halogens is 1. The van der Waals surface area contributed by atoms with E-state index in [9.17, 15) is 19.2 Å². The Morgan fingerprint density at radius 2 is 1.73 bits per heavy atom. The Balaban J connectivity index is 1.26. The van der Waals surface area contributed by atoms with Crippen molar-refractivity contribution in [2.45, 2.75) is 77.4 Å². The third-order valence-electron chi connectivity index (χ3n) is 9.23. The smallest absolute Gasteiger partial charge is 0.270 e. The van der Waals surface area contributed by atoms with Gasteiger partial charge < -0.3 is 25.8 Å².